The van der Waals surface area contributed by atoms with E-state index in [0.717, 1.165) is 19.6 Å². The molecule has 9 heterocycles. The third kappa shape index (κ3) is 13.5. The number of aromatic nitrogens is 12. The van der Waals surface area contributed by atoms with E-state index in [-0.39, 0.29) is 63.6 Å². The second kappa shape index (κ2) is 29.6. The summed E-state index contributed by atoms with van der Waals surface area (Å²) in [7, 11) is 0. The molecule has 4 aromatic carbocycles. The van der Waals surface area contributed by atoms with E-state index in [1.54, 1.807) is 69.2 Å². The summed E-state index contributed by atoms with van der Waals surface area (Å²) in [6, 6.07) is 30.1. The van der Waals surface area contributed by atoms with Crippen molar-refractivity contribution in [2.45, 2.75) is 94.6 Å². The summed E-state index contributed by atoms with van der Waals surface area (Å²) in [5.41, 5.74) is 5.89. The quantitative estimate of drug-likeness (QED) is 0.0644. The zero-order chi connectivity index (χ0) is 66.7. The Morgan fingerprint density at radius 3 is 0.866 bits per heavy atom. The molecule has 20 nitrogen and oxygen atoms in total. The molecule has 13 rings (SSSR count). The van der Waals surface area contributed by atoms with Gasteiger partial charge in [-0.1, -0.05) is 47.0 Å². The molecule has 491 valence electrons. The standard InChI is InChI=1S/C72H64N16O4S4.Cu/c1-9-85(10-2)69(89)41-17-25-45(26-18-41)93-53-37-73-33-49-57(53)65-77-61(49)82-66-59-51(35-75-39-55(59)95-47-29-21-43(22-30-47)71(91)87(13-5)14-6)63(79-66)84-68-60-52(36-76-40-56(60)96-48-31-23-44(24-32-48)72(92)88(15-7)16-8)64(80-68)83-67-58-50(62(78-67)81-65)34-74-38-54(58)94-46-27-19-42(20-28-46)70(90)86(11-3)12-4;/h17-40H,9-16H2,1-8H3;/q-2;+2. The zero-order valence-electron chi connectivity index (χ0n) is 54.2. The van der Waals surface area contributed by atoms with Gasteiger partial charge in [0.15, 0.2) is 0 Å². The molecule has 0 saturated heterocycles. The molecule has 0 spiro atoms. The van der Waals surface area contributed by atoms with Crippen molar-refractivity contribution in [1.82, 2.24) is 79.4 Å². The van der Waals surface area contributed by atoms with E-state index in [1.807, 2.05) is 152 Å². The van der Waals surface area contributed by atoms with Gasteiger partial charge in [-0.2, -0.15) is 0 Å². The number of fused-ring (bicyclic) bond motifs is 20. The smallest absolute Gasteiger partial charge is 0.357 e. The Kier molecular flexibility index (Phi) is 20.6. The van der Waals surface area contributed by atoms with Crippen LogP contribution in [-0.2, 0) is 17.1 Å². The summed E-state index contributed by atoms with van der Waals surface area (Å²) in [4.78, 5) is 129. The van der Waals surface area contributed by atoms with E-state index in [1.165, 1.54) is 47.0 Å². The summed E-state index contributed by atoms with van der Waals surface area (Å²) in [6.07, 6.45) is 14.0. The zero-order valence-corrected chi connectivity index (χ0v) is 58.4. The fourth-order valence-electron chi connectivity index (χ4n) is 11.6. The summed E-state index contributed by atoms with van der Waals surface area (Å²) in [5, 5.41) is 2.43. The number of hydrogen-bond acceptors (Lipinski definition) is 18. The van der Waals surface area contributed by atoms with E-state index in [9.17, 15) is 19.2 Å². The minimum atomic E-state index is -0.0473. The topological polar surface area (TPSA) is 238 Å². The summed E-state index contributed by atoms with van der Waals surface area (Å²) < 4.78 is 0. The van der Waals surface area contributed by atoms with E-state index in [0.29, 0.717) is 161 Å². The van der Waals surface area contributed by atoms with Crippen molar-refractivity contribution in [1.29, 1.82) is 0 Å². The first-order valence-electron chi connectivity index (χ1n) is 31.8. The third-order valence-corrected chi connectivity index (χ3v) is 20.9. The summed E-state index contributed by atoms with van der Waals surface area (Å²) in [5.74, 6) is 0.939. The van der Waals surface area contributed by atoms with Gasteiger partial charge in [0, 0.05) is 230 Å². The second-order valence-electron chi connectivity index (χ2n) is 22.1. The molecule has 0 aliphatic carbocycles. The van der Waals surface area contributed by atoms with Crippen LogP contribution in [0.5, 0.6) is 0 Å². The average Bonchev–Trinajstić information content (AvgIpc) is 1.60. The van der Waals surface area contributed by atoms with Crippen molar-refractivity contribution in [3.63, 3.8) is 0 Å². The number of carbonyl (C=O) groups excluding carboxylic acids is 4. The van der Waals surface area contributed by atoms with Crippen LogP contribution in [0.25, 0.3) is 89.7 Å². The number of pyridine rings is 4. The van der Waals surface area contributed by atoms with Crippen LogP contribution >= 0.6 is 47.0 Å². The van der Waals surface area contributed by atoms with Gasteiger partial charge in [-0.05, 0) is 152 Å². The van der Waals surface area contributed by atoms with Crippen LogP contribution in [0.1, 0.15) is 96.8 Å². The number of nitrogens with zero attached hydrogens (tertiary/aromatic N) is 16. The SMILES string of the molecule is CCN(CC)C(=O)c1ccc(Sc2cncc3c2-c2nc-3nc3[n-]c(nc4nc(nc5[n-]c(n2)c2cncc(Sc6ccc(C(=O)N(CC)CC)cc6)c52)-c2cncc(Sc5ccc(C(=O)N(CC)CC)cc5)c2-4)c2cncc(Sc4ccc(C(=O)N(CC)CC)cc4)c32)cc1.[Cu+2]. The Bertz CT molecular complexity index is 4690. The van der Waals surface area contributed by atoms with Gasteiger partial charge in [-0.15, -0.1) is 0 Å². The van der Waals surface area contributed by atoms with E-state index in [2.05, 4.69) is 0 Å². The van der Waals surface area contributed by atoms with Crippen molar-refractivity contribution in [2.75, 3.05) is 52.4 Å². The number of amides is 4. The maximum atomic E-state index is 13.5. The molecular weight excluding hydrogens is 1340 g/mol. The van der Waals surface area contributed by atoms with Crippen LogP contribution in [0.2, 0.25) is 0 Å². The Morgan fingerprint density at radius 1 is 0.320 bits per heavy atom. The van der Waals surface area contributed by atoms with Crippen molar-refractivity contribution in [2.24, 2.45) is 0 Å². The van der Waals surface area contributed by atoms with Crippen LogP contribution in [0, 0.1) is 0 Å². The fraction of sp³-hybridized carbons (Fsp3) is 0.222. The first-order valence-corrected chi connectivity index (χ1v) is 35.0. The van der Waals surface area contributed by atoms with E-state index >= 15 is 0 Å². The minimum absolute atomic E-state index is 0. The molecular formula is C72H64CuN16O4S4. The normalized spacial score (nSPS) is 11.5. The largest absolute Gasteiger partial charge is 2.00 e. The minimum Gasteiger partial charge on any atom is -0.357 e. The summed E-state index contributed by atoms with van der Waals surface area (Å²) >= 11 is 5.80. The molecule has 25 heteroatoms. The first-order chi connectivity index (χ1) is 46.8. The molecule has 0 N–H and O–H groups in total. The molecule has 8 bridgehead atoms. The summed E-state index contributed by atoms with van der Waals surface area (Å²) in [6.45, 7) is 20.5. The Labute approximate surface area is 587 Å². The van der Waals surface area contributed by atoms with Crippen molar-refractivity contribution >= 4 is 115 Å². The maximum Gasteiger partial charge on any atom is 2.00 e. The van der Waals surface area contributed by atoms with Gasteiger partial charge in [-0.3, -0.25) is 39.1 Å². The molecule has 7 aromatic heterocycles. The Balaban J connectivity index is 0.00000897. The van der Waals surface area contributed by atoms with Gasteiger partial charge in [-0.25, -0.2) is 9.97 Å². The third-order valence-electron chi connectivity index (χ3n) is 16.7. The van der Waals surface area contributed by atoms with Gasteiger partial charge in [0.25, 0.3) is 23.6 Å². The van der Waals surface area contributed by atoms with Crippen molar-refractivity contribution in [3.8, 4) is 45.6 Å². The van der Waals surface area contributed by atoms with Crippen molar-refractivity contribution < 1.29 is 36.2 Å². The van der Waals surface area contributed by atoms with Crippen LogP contribution in [0.4, 0.5) is 0 Å². The van der Waals surface area contributed by atoms with Gasteiger partial charge in [0.2, 0.25) is 0 Å². The molecule has 4 amide bonds. The van der Waals surface area contributed by atoms with E-state index in [4.69, 9.17) is 59.8 Å². The second-order valence-corrected chi connectivity index (χ2v) is 26.6. The van der Waals surface area contributed by atoms with Gasteiger partial charge >= 0.3 is 17.1 Å². The van der Waals surface area contributed by atoms with Gasteiger partial charge in [0.05, 0.1) is 23.3 Å². The van der Waals surface area contributed by atoms with Crippen LogP contribution < -0.4 is 9.97 Å². The molecule has 1 radical (unpaired) electrons. The fourth-order valence-corrected chi connectivity index (χ4v) is 15.3. The molecule has 0 atom stereocenters. The van der Waals surface area contributed by atoms with Gasteiger partial charge in [0.1, 0.15) is 0 Å². The molecule has 0 saturated carbocycles. The number of rotatable bonds is 20. The Morgan fingerprint density at radius 2 is 0.577 bits per heavy atom. The average molecular weight is 1410 g/mol. The number of benzene rings is 4. The van der Waals surface area contributed by atoms with Crippen LogP contribution in [0.3, 0.4) is 0 Å². The molecule has 0 unspecified atom stereocenters. The molecule has 2 aliphatic rings. The molecule has 11 aromatic rings. The molecule has 2 aliphatic heterocycles. The molecule has 97 heavy (non-hydrogen) atoms. The number of carbonyl (C=O) groups is 4. The number of hydrogen-bond donors (Lipinski definition) is 0. The maximum absolute atomic E-state index is 13.5. The predicted molar refractivity (Wildman–Crippen MR) is 376 cm³/mol. The first kappa shape index (κ1) is 67.6. The molecule has 0 fully saturated rings. The van der Waals surface area contributed by atoms with Crippen molar-refractivity contribution in [3.05, 3.63) is 169 Å². The van der Waals surface area contributed by atoms with E-state index < -0.39 is 0 Å². The Hall–Kier alpha value is -9.36. The monoisotopic (exact) mass is 1410 g/mol. The van der Waals surface area contributed by atoms with Crippen LogP contribution in [0.15, 0.2) is 186 Å². The van der Waals surface area contributed by atoms with Gasteiger partial charge < -0.3 is 49.5 Å². The van der Waals surface area contributed by atoms with Crippen LogP contribution in [-0.4, -0.2) is 145 Å². The predicted octanol–water partition coefficient (Wildman–Crippen LogP) is 14.2.